The number of nitrogens with one attached hydrogen (secondary N) is 2. The second-order valence-corrected chi connectivity index (χ2v) is 8.64. The van der Waals surface area contributed by atoms with Gasteiger partial charge in [0.1, 0.15) is 17.2 Å². The number of carboxylic acid groups (broad SMARTS) is 1. The molecule has 7 nitrogen and oxygen atoms in total. The van der Waals surface area contributed by atoms with Crippen molar-refractivity contribution in [2.75, 3.05) is 5.32 Å². The van der Waals surface area contributed by atoms with E-state index in [1.54, 1.807) is 66.7 Å². The molecule has 0 radical (unpaired) electrons. The van der Waals surface area contributed by atoms with Gasteiger partial charge in [0.2, 0.25) is 0 Å². The molecule has 0 saturated carbocycles. The molecule has 0 heterocycles. The first kappa shape index (κ1) is 25.4. The van der Waals surface area contributed by atoms with Crippen LogP contribution in [-0.2, 0) is 4.79 Å². The monoisotopic (exact) mass is 556 g/mol. The van der Waals surface area contributed by atoms with Crippen LogP contribution in [0, 0.1) is 0 Å². The summed E-state index contributed by atoms with van der Waals surface area (Å²) in [6.07, 6.45) is 1.50. The van der Waals surface area contributed by atoms with Gasteiger partial charge in [-0.05, 0) is 76.1 Å². The fraction of sp³-hybridized carbons (Fsp3) is 0. The first-order valence-corrected chi connectivity index (χ1v) is 11.9. The lowest BCUT2D eigenvalue weighted by molar-refractivity contribution is -0.113. The molecule has 0 aromatic heterocycles. The molecular weight excluding hydrogens is 536 g/mol. The minimum atomic E-state index is -1.18. The van der Waals surface area contributed by atoms with E-state index in [0.29, 0.717) is 22.6 Å². The molecule has 2 amide bonds. The lowest BCUT2D eigenvalue weighted by atomic mass is 10.1. The van der Waals surface area contributed by atoms with E-state index in [1.165, 1.54) is 18.2 Å². The number of carboxylic acids is 1. The molecule has 0 fully saturated rings. The molecule has 0 aliphatic rings. The highest BCUT2D eigenvalue weighted by Crippen LogP contribution is 2.29. The number of rotatable bonds is 8. The van der Waals surface area contributed by atoms with Crippen LogP contribution in [-0.4, -0.2) is 22.9 Å². The van der Waals surface area contributed by atoms with E-state index in [2.05, 4.69) is 26.6 Å². The molecule has 0 spiro atoms. The summed E-state index contributed by atoms with van der Waals surface area (Å²) in [7, 11) is 0. The summed E-state index contributed by atoms with van der Waals surface area (Å²) >= 11 is 3.44. The van der Waals surface area contributed by atoms with Gasteiger partial charge in [-0.3, -0.25) is 9.59 Å². The van der Waals surface area contributed by atoms with E-state index < -0.39 is 17.8 Å². The lowest BCUT2D eigenvalue weighted by Gasteiger charge is -2.13. The lowest BCUT2D eigenvalue weighted by Crippen LogP contribution is -2.31. The highest BCUT2D eigenvalue weighted by atomic mass is 79.9. The zero-order chi connectivity index (χ0) is 26.2. The number of benzene rings is 4. The summed E-state index contributed by atoms with van der Waals surface area (Å²) in [5.74, 6) is -1.11. The Morgan fingerprint density at radius 2 is 1.43 bits per heavy atom. The molecule has 4 aromatic carbocycles. The summed E-state index contributed by atoms with van der Waals surface area (Å²) in [6.45, 7) is 0. The summed E-state index contributed by atoms with van der Waals surface area (Å²) in [5.41, 5.74) is 0.956. The third kappa shape index (κ3) is 6.71. The van der Waals surface area contributed by atoms with Crippen molar-refractivity contribution in [3.63, 3.8) is 0 Å². The molecule has 4 rings (SSSR count). The first-order chi connectivity index (χ1) is 17.9. The van der Waals surface area contributed by atoms with Crippen LogP contribution in [0.5, 0.6) is 11.5 Å². The van der Waals surface area contributed by atoms with E-state index >= 15 is 0 Å². The van der Waals surface area contributed by atoms with Crippen molar-refractivity contribution in [2.24, 2.45) is 0 Å². The Balaban J connectivity index is 1.61. The van der Waals surface area contributed by atoms with Gasteiger partial charge in [-0.15, -0.1) is 0 Å². The highest BCUT2D eigenvalue weighted by Gasteiger charge is 2.18. The molecule has 4 aromatic rings. The van der Waals surface area contributed by atoms with E-state index in [1.807, 2.05) is 24.3 Å². The quantitative estimate of drug-likeness (QED) is 0.219. The SMILES string of the molecule is O=C(Nc1ccccc1C(=O)O)/C(=C/c1ccc(Oc2ccccc2Br)cc1)NC(=O)c1ccccc1. The fourth-order valence-corrected chi connectivity index (χ4v) is 3.73. The number of hydrogen-bond acceptors (Lipinski definition) is 4. The van der Waals surface area contributed by atoms with Gasteiger partial charge in [0.25, 0.3) is 11.8 Å². The predicted octanol–water partition coefficient (Wildman–Crippen LogP) is 6.35. The Bertz CT molecular complexity index is 1470. The van der Waals surface area contributed by atoms with Gasteiger partial charge in [0, 0.05) is 5.56 Å². The molecule has 0 aliphatic carbocycles. The number of ether oxygens (including phenoxy) is 1. The summed E-state index contributed by atoms with van der Waals surface area (Å²) in [6, 6.07) is 28.9. The number of aromatic carboxylic acids is 1. The van der Waals surface area contributed by atoms with Gasteiger partial charge < -0.3 is 20.5 Å². The normalized spacial score (nSPS) is 10.9. The van der Waals surface area contributed by atoms with Crippen LogP contribution in [0.4, 0.5) is 5.69 Å². The summed E-state index contributed by atoms with van der Waals surface area (Å²) < 4.78 is 6.69. The molecular formula is C29H21BrN2O5. The summed E-state index contributed by atoms with van der Waals surface area (Å²) in [5, 5.41) is 14.7. The van der Waals surface area contributed by atoms with E-state index in [9.17, 15) is 19.5 Å². The Morgan fingerprint density at radius 1 is 0.784 bits per heavy atom. The third-order valence-corrected chi connectivity index (χ3v) is 5.85. The third-order valence-electron chi connectivity index (χ3n) is 5.19. The predicted molar refractivity (Wildman–Crippen MR) is 145 cm³/mol. The van der Waals surface area contributed by atoms with Gasteiger partial charge in [-0.2, -0.15) is 0 Å². The Labute approximate surface area is 221 Å². The van der Waals surface area contributed by atoms with E-state index in [-0.39, 0.29) is 16.9 Å². The van der Waals surface area contributed by atoms with Gasteiger partial charge in [-0.1, -0.05) is 54.6 Å². The number of para-hydroxylation sites is 2. The van der Waals surface area contributed by atoms with Crippen molar-refractivity contribution >= 4 is 45.5 Å². The zero-order valence-corrected chi connectivity index (χ0v) is 20.9. The minimum Gasteiger partial charge on any atom is -0.478 e. The highest BCUT2D eigenvalue weighted by molar-refractivity contribution is 9.10. The number of anilines is 1. The van der Waals surface area contributed by atoms with Crippen LogP contribution in [0.3, 0.4) is 0 Å². The second-order valence-electron chi connectivity index (χ2n) is 7.78. The van der Waals surface area contributed by atoms with Crippen LogP contribution < -0.4 is 15.4 Å². The Hall–Kier alpha value is -4.69. The van der Waals surface area contributed by atoms with Crippen LogP contribution in [0.2, 0.25) is 0 Å². The number of carbonyl (C=O) groups excluding carboxylic acids is 2. The van der Waals surface area contributed by atoms with E-state index in [0.717, 1.165) is 4.47 Å². The van der Waals surface area contributed by atoms with Crippen LogP contribution in [0.25, 0.3) is 6.08 Å². The standard InChI is InChI=1S/C29H21BrN2O5/c30-23-11-5-7-13-26(23)37-21-16-14-19(15-17-21)18-25(32-27(33)20-8-2-1-3-9-20)28(34)31-24-12-6-4-10-22(24)29(35)36/h1-18H,(H,31,34)(H,32,33)(H,35,36)/b25-18-. The van der Waals surface area contributed by atoms with Crippen LogP contribution in [0.1, 0.15) is 26.3 Å². The molecule has 8 heteroatoms. The van der Waals surface area contributed by atoms with Gasteiger partial charge in [0.05, 0.1) is 15.7 Å². The van der Waals surface area contributed by atoms with E-state index in [4.69, 9.17) is 4.74 Å². The molecule has 37 heavy (non-hydrogen) atoms. The van der Waals surface area contributed by atoms with Gasteiger partial charge in [-0.25, -0.2) is 4.79 Å². The second kappa shape index (κ2) is 11.8. The van der Waals surface area contributed by atoms with Gasteiger partial charge in [0.15, 0.2) is 0 Å². The van der Waals surface area contributed by atoms with Crippen molar-refractivity contribution in [1.82, 2.24) is 5.32 Å². The van der Waals surface area contributed by atoms with Crippen molar-refractivity contribution in [3.05, 3.63) is 130 Å². The average molecular weight is 557 g/mol. The molecule has 0 saturated heterocycles. The maximum Gasteiger partial charge on any atom is 0.337 e. The van der Waals surface area contributed by atoms with Crippen molar-refractivity contribution in [1.29, 1.82) is 0 Å². The average Bonchev–Trinajstić information content (AvgIpc) is 2.91. The Kier molecular flexibility index (Phi) is 8.12. The smallest absolute Gasteiger partial charge is 0.337 e. The number of amides is 2. The maximum atomic E-state index is 13.2. The molecule has 0 atom stereocenters. The molecule has 3 N–H and O–H groups in total. The first-order valence-electron chi connectivity index (χ1n) is 11.1. The minimum absolute atomic E-state index is 0.0616. The number of halogens is 1. The maximum absolute atomic E-state index is 13.2. The fourth-order valence-electron chi connectivity index (χ4n) is 3.36. The summed E-state index contributed by atoms with van der Waals surface area (Å²) in [4.78, 5) is 37.6. The molecule has 184 valence electrons. The number of hydrogen-bond donors (Lipinski definition) is 3. The largest absolute Gasteiger partial charge is 0.478 e. The Morgan fingerprint density at radius 3 is 2.14 bits per heavy atom. The van der Waals surface area contributed by atoms with Crippen molar-refractivity contribution in [3.8, 4) is 11.5 Å². The van der Waals surface area contributed by atoms with Crippen LogP contribution >= 0.6 is 15.9 Å². The molecule has 0 unspecified atom stereocenters. The molecule has 0 aliphatic heterocycles. The zero-order valence-electron chi connectivity index (χ0n) is 19.4. The van der Waals surface area contributed by atoms with Crippen molar-refractivity contribution < 1.29 is 24.2 Å². The van der Waals surface area contributed by atoms with Crippen molar-refractivity contribution in [2.45, 2.75) is 0 Å². The van der Waals surface area contributed by atoms with Crippen LogP contribution in [0.15, 0.2) is 113 Å². The topological polar surface area (TPSA) is 105 Å². The van der Waals surface area contributed by atoms with Gasteiger partial charge >= 0.3 is 5.97 Å². The molecule has 0 bridgehead atoms. The number of carbonyl (C=O) groups is 3.